The van der Waals surface area contributed by atoms with Crippen molar-refractivity contribution in [3.63, 3.8) is 0 Å². The standard InChI is InChI=1S/C17H16N4O4/c1-2-25-17(24)13-14(18)20-21-12(8-10-6-4-3-5-7-10)11(16(22)23)9-19-15(13)21/h3-7,9H,2,8H2,1H3,(H2,18,20)(H,22,23). The van der Waals surface area contributed by atoms with Crippen LogP contribution in [-0.4, -0.2) is 38.3 Å². The zero-order valence-corrected chi connectivity index (χ0v) is 13.5. The Hall–Kier alpha value is -3.42. The zero-order chi connectivity index (χ0) is 18.0. The van der Waals surface area contributed by atoms with Gasteiger partial charge in [-0.2, -0.15) is 0 Å². The number of carbonyl (C=O) groups excluding carboxylic acids is 1. The van der Waals surface area contributed by atoms with Gasteiger partial charge < -0.3 is 15.6 Å². The summed E-state index contributed by atoms with van der Waals surface area (Å²) in [5, 5.41) is 13.6. The van der Waals surface area contributed by atoms with Crippen LogP contribution in [0, 0.1) is 0 Å². The molecule has 0 atom stereocenters. The van der Waals surface area contributed by atoms with Gasteiger partial charge in [-0.3, -0.25) is 0 Å². The summed E-state index contributed by atoms with van der Waals surface area (Å²) in [7, 11) is 0. The second kappa shape index (κ2) is 6.60. The molecule has 0 aliphatic rings. The molecule has 0 unspecified atom stereocenters. The molecule has 3 aromatic rings. The maximum Gasteiger partial charge on any atom is 0.345 e. The van der Waals surface area contributed by atoms with E-state index in [1.54, 1.807) is 6.92 Å². The fourth-order valence-corrected chi connectivity index (χ4v) is 2.58. The van der Waals surface area contributed by atoms with E-state index in [1.807, 2.05) is 30.3 Å². The molecule has 8 heteroatoms. The molecule has 3 N–H and O–H groups in total. The van der Waals surface area contributed by atoms with Crippen LogP contribution >= 0.6 is 0 Å². The number of carboxylic acids is 1. The lowest BCUT2D eigenvalue weighted by atomic mass is 10.1. The number of nitrogen functional groups attached to an aromatic ring is 1. The predicted octanol–water partition coefficient (Wildman–Crippen LogP) is 1.78. The van der Waals surface area contributed by atoms with Crippen molar-refractivity contribution in [2.75, 3.05) is 12.3 Å². The van der Waals surface area contributed by atoms with Crippen LogP contribution in [0.1, 0.15) is 38.9 Å². The Bertz CT molecular complexity index is 950. The van der Waals surface area contributed by atoms with E-state index in [4.69, 9.17) is 10.5 Å². The maximum atomic E-state index is 12.1. The summed E-state index contributed by atoms with van der Waals surface area (Å²) in [6.45, 7) is 1.86. The Balaban J connectivity index is 2.21. The molecule has 0 aliphatic heterocycles. The lowest BCUT2D eigenvalue weighted by Crippen LogP contribution is -2.12. The molecule has 0 aliphatic carbocycles. The lowest BCUT2D eigenvalue weighted by Gasteiger charge is -2.09. The van der Waals surface area contributed by atoms with Crippen LogP contribution in [0.2, 0.25) is 0 Å². The molecule has 0 saturated carbocycles. The van der Waals surface area contributed by atoms with Crippen molar-refractivity contribution in [3.8, 4) is 0 Å². The minimum absolute atomic E-state index is 0.00531. The van der Waals surface area contributed by atoms with Gasteiger partial charge in [-0.1, -0.05) is 30.3 Å². The number of nitrogens with zero attached hydrogens (tertiary/aromatic N) is 3. The molecule has 0 bridgehead atoms. The van der Waals surface area contributed by atoms with Crippen molar-refractivity contribution < 1.29 is 19.4 Å². The van der Waals surface area contributed by atoms with Crippen molar-refractivity contribution in [1.29, 1.82) is 0 Å². The van der Waals surface area contributed by atoms with Gasteiger partial charge in [0.15, 0.2) is 11.5 Å². The number of esters is 1. The summed E-state index contributed by atoms with van der Waals surface area (Å²) in [5.41, 5.74) is 7.33. The average molecular weight is 340 g/mol. The largest absolute Gasteiger partial charge is 0.478 e. The fourth-order valence-electron chi connectivity index (χ4n) is 2.58. The highest BCUT2D eigenvalue weighted by atomic mass is 16.5. The molecule has 25 heavy (non-hydrogen) atoms. The number of aromatic nitrogens is 3. The zero-order valence-electron chi connectivity index (χ0n) is 13.5. The van der Waals surface area contributed by atoms with Gasteiger partial charge in [-0.25, -0.2) is 19.1 Å². The number of fused-ring (bicyclic) bond motifs is 1. The first-order valence-electron chi connectivity index (χ1n) is 7.63. The van der Waals surface area contributed by atoms with E-state index in [0.717, 1.165) is 5.56 Å². The van der Waals surface area contributed by atoms with Gasteiger partial charge in [0, 0.05) is 12.6 Å². The average Bonchev–Trinajstić information content (AvgIpc) is 2.92. The Labute approximate surface area is 142 Å². The molecular weight excluding hydrogens is 324 g/mol. The SMILES string of the molecule is CCOC(=O)c1c(N)nn2c(Cc3ccccc3)c(C(=O)O)cnc12. The van der Waals surface area contributed by atoms with Crippen molar-refractivity contribution in [2.24, 2.45) is 0 Å². The van der Waals surface area contributed by atoms with Gasteiger partial charge in [0.2, 0.25) is 0 Å². The summed E-state index contributed by atoms with van der Waals surface area (Å²) < 4.78 is 6.29. The molecule has 8 nitrogen and oxygen atoms in total. The van der Waals surface area contributed by atoms with Crippen LogP contribution in [0.25, 0.3) is 5.65 Å². The Morgan fingerprint density at radius 2 is 2.00 bits per heavy atom. The molecule has 2 heterocycles. The Morgan fingerprint density at radius 3 is 2.64 bits per heavy atom. The third-order valence-electron chi connectivity index (χ3n) is 3.69. The third-order valence-corrected chi connectivity index (χ3v) is 3.69. The van der Waals surface area contributed by atoms with Crippen LogP contribution < -0.4 is 5.73 Å². The quantitative estimate of drug-likeness (QED) is 0.679. The van der Waals surface area contributed by atoms with E-state index in [2.05, 4.69) is 10.1 Å². The minimum Gasteiger partial charge on any atom is -0.478 e. The van der Waals surface area contributed by atoms with E-state index in [0.29, 0.717) is 12.1 Å². The molecule has 1 aromatic carbocycles. The van der Waals surface area contributed by atoms with Crippen molar-refractivity contribution in [2.45, 2.75) is 13.3 Å². The number of rotatable bonds is 5. The number of anilines is 1. The highest BCUT2D eigenvalue weighted by Gasteiger charge is 2.24. The highest BCUT2D eigenvalue weighted by Crippen LogP contribution is 2.22. The Kier molecular flexibility index (Phi) is 4.34. The van der Waals surface area contributed by atoms with Gasteiger partial charge >= 0.3 is 11.9 Å². The van der Waals surface area contributed by atoms with E-state index >= 15 is 0 Å². The number of hydrogen-bond acceptors (Lipinski definition) is 6. The number of aromatic carboxylic acids is 1. The van der Waals surface area contributed by atoms with Gasteiger partial charge in [0.1, 0.15) is 5.56 Å². The molecule has 0 fully saturated rings. The summed E-state index contributed by atoms with van der Waals surface area (Å²) in [6, 6.07) is 9.33. The fraction of sp³-hybridized carbons (Fsp3) is 0.176. The topological polar surface area (TPSA) is 120 Å². The number of nitrogens with two attached hydrogens (primary N) is 1. The minimum atomic E-state index is -1.13. The van der Waals surface area contributed by atoms with Gasteiger partial charge in [0.25, 0.3) is 0 Å². The number of hydrogen-bond donors (Lipinski definition) is 2. The van der Waals surface area contributed by atoms with Gasteiger partial charge in [-0.15, -0.1) is 5.10 Å². The van der Waals surface area contributed by atoms with Crippen molar-refractivity contribution in [1.82, 2.24) is 14.6 Å². The maximum absolute atomic E-state index is 12.1. The summed E-state index contributed by atoms with van der Waals surface area (Å²) in [5.74, 6) is -1.83. The molecular formula is C17H16N4O4. The van der Waals surface area contributed by atoms with E-state index in [-0.39, 0.29) is 29.2 Å². The molecule has 128 valence electrons. The van der Waals surface area contributed by atoms with Crippen LogP contribution in [0.3, 0.4) is 0 Å². The summed E-state index contributed by atoms with van der Waals surface area (Å²) >= 11 is 0. The molecule has 3 rings (SSSR count). The molecule has 0 saturated heterocycles. The number of carbonyl (C=O) groups is 2. The van der Waals surface area contributed by atoms with Gasteiger partial charge in [-0.05, 0) is 12.5 Å². The van der Waals surface area contributed by atoms with Crippen LogP contribution in [-0.2, 0) is 11.2 Å². The molecule has 2 aromatic heterocycles. The monoisotopic (exact) mass is 340 g/mol. The highest BCUT2D eigenvalue weighted by molar-refractivity contribution is 6.01. The normalized spacial score (nSPS) is 10.8. The third kappa shape index (κ3) is 3.01. The molecule has 0 spiro atoms. The first-order valence-corrected chi connectivity index (χ1v) is 7.63. The number of ether oxygens (including phenoxy) is 1. The van der Waals surface area contributed by atoms with Crippen molar-refractivity contribution >= 4 is 23.4 Å². The van der Waals surface area contributed by atoms with E-state index < -0.39 is 11.9 Å². The smallest absolute Gasteiger partial charge is 0.345 e. The van der Waals surface area contributed by atoms with Crippen LogP contribution in [0.4, 0.5) is 5.82 Å². The second-order valence-electron chi connectivity index (χ2n) is 5.30. The van der Waals surface area contributed by atoms with E-state index in [9.17, 15) is 14.7 Å². The van der Waals surface area contributed by atoms with Crippen molar-refractivity contribution in [3.05, 3.63) is 58.9 Å². The predicted molar refractivity (Wildman–Crippen MR) is 89.6 cm³/mol. The van der Waals surface area contributed by atoms with E-state index in [1.165, 1.54) is 10.7 Å². The number of carboxylic acid groups (broad SMARTS) is 1. The second-order valence-corrected chi connectivity index (χ2v) is 5.30. The first kappa shape index (κ1) is 16.4. The summed E-state index contributed by atoms with van der Waals surface area (Å²) in [6.07, 6.45) is 1.50. The lowest BCUT2D eigenvalue weighted by molar-refractivity contribution is 0.0529. The van der Waals surface area contributed by atoms with Gasteiger partial charge in [0.05, 0.1) is 17.9 Å². The molecule has 0 radical (unpaired) electrons. The molecule has 0 amide bonds. The van der Waals surface area contributed by atoms with Crippen LogP contribution in [0.5, 0.6) is 0 Å². The first-order chi connectivity index (χ1) is 12.0. The Morgan fingerprint density at radius 1 is 1.28 bits per heavy atom. The van der Waals surface area contributed by atoms with Crippen LogP contribution in [0.15, 0.2) is 36.5 Å². The summed E-state index contributed by atoms with van der Waals surface area (Å²) in [4.78, 5) is 27.8. The number of benzene rings is 1.